The largest absolute Gasteiger partial charge is 0.417 e. The molecule has 0 amide bonds. The van der Waals surface area contributed by atoms with E-state index in [1.54, 1.807) is 0 Å². The number of hydrogen-bond donors (Lipinski definition) is 0. The summed E-state index contributed by atoms with van der Waals surface area (Å²) in [5.41, 5.74) is 0.988. The van der Waals surface area contributed by atoms with Gasteiger partial charge in [-0.15, -0.1) is 0 Å². The van der Waals surface area contributed by atoms with Crippen molar-refractivity contribution in [3.05, 3.63) is 34.9 Å². The second-order valence-corrected chi connectivity index (χ2v) is 13.7. The highest BCUT2D eigenvalue weighted by Crippen LogP contribution is 2.42. The van der Waals surface area contributed by atoms with Crippen LogP contribution in [-0.2, 0) is 13.9 Å². The third-order valence-corrected chi connectivity index (χ3v) is 9.95. The number of hydrogen-bond acceptors (Lipinski definition) is 3. The summed E-state index contributed by atoms with van der Waals surface area (Å²) < 4.78 is 18.6. The van der Waals surface area contributed by atoms with Crippen LogP contribution < -0.4 is 0 Å². The van der Waals surface area contributed by atoms with Crippen molar-refractivity contribution in [2.24, 2.45) is 0 Å². The molecule has 1 saturated heterocycles. The van der Waals surface area contributed by atoms with Crippen molar-refractivity contribution in [3.8, 4) is 0 Å². The van der Waals surface area contributed by atoms with Crippen molar-refractivity contribution in [1.82, 2.24) is 0 Å². The van der Waals surface area contributed by atoms with Gasteiger partial charge in [-0.3, -0.25) is 0 Å². The molecule has 0 radical (unpaired) electrons. The van der Waals surface area contributed by atoms with Gasteiger partial charge in [0.05, 0.1) is 6.10 Å². The van der Waals surface area contributed by atoms with Crippen LogP contribution in [0.2, 0.25) is 23.2 Å². The molecule has 1 aromatic carbocycles. The lowest BCUT2D eigenvalue weighted by molar-refractivity contribution is -0.147. The molecule has 0 spiro atoms. The first kappa shape index (κ1) is 19.9. The van der Waals surface area contributed by atoms with Crippen molar-refractivity contribution in [1.29, 1.82) is 0 Å². The zero-order chi connectivity index (χ0) is 18.2. The van der Waals surface area contributed by atoms with E-state index >= 15 is 0 Å². The van der Waals surface area contributed by atoms with Gasteiger partial charge in [0.25, 0.3) is 0 Å². The number of halogens is 1. The highest BCUT2D eigenvalue weighted by atomic mass is 35.5. The fraction of sp³-hybridized carbons (Fsp3) is 0.684. The summed E-state index contributed by atoms with van der Waals surface area (Å²) in [4.78, 5) is 0. The Balaban J connectivity index is 2.06. The summed E-state index contributed by atoms with van der Waals surface area (Å²) in [6, 6.07) is 7.83. The van der Waals surface area contributed by atoms with Gasteiger partial charge in [0, 0.05) is 17.2 Å². The van der Waals surface area contributed by atoms with Crippen LogP contribution in [0.4, 0.5) is 0 Å². The second-order valence-electron chi connectivity index (χ2n) is 8.51. The average molecular weight is 371 g/mol. The van der Waals surface area contributed by atoms with Crippen LogP contribution in [0, 0.1) is 0 Å². The highest BCUT2D eigenvalue weighted by molar-refractivity contribution is 6.74. The molecule has 5 heteroatoms. The summed E-state index contributed by atoms with van der Waals surface area (Å²) in [6.07, 6.45) is 0.590. The first-order chi connectivity index (χ1) is 10.9. The molecule has 0 unspecified atom stereocenters. The predicted molar refractivity (Wildman–Crippen MR) is 102 cm³/mol. The zero-order valence-electron chi connectivity index (χ0n) is 16.0. The maximum Gasteiger partial charge on any atom is 0.191 e. The van der Waals surface area contributed by atoms with Crippen LogP contribution in [0.1, 0.15) is 52.7 Å². The van der Waals surface area contributed by atoms with E-state index in [0.717, 1.165) is 17.0 Å². The molecule has 0 N–H and O–H groups in total. The Kier molecular flexibility index (Phi) is 5.88. The minimum Gasteiger partial charge on any atom is -0.417 e. The molecule has 1 heterocycles. The summed E-state index contributed by atoms with van der Waals surface area (Å²) in [7, 11) is -1.75. The molecule has 0 aromatic heterocycles. The summed E-state index contributed by atoms with van der Waals surface area (Å²) >= 11 is 6.37. The molecule has 24 heavy (non-hydrogen) atoms. The van der Waals surface area contributed by atoms with Crippen LogP contribution in [0.25, 0.3) is 0 Å². The molecule has 0 saturated carbocycles. The summed E-state index contributed by atoms with van der Waals surface area (Å²) in [5.74, 6) is -0.606. The van der Waals surface area contributed by atoms with Crippen LogP contribution in [0.15, 0.2) is 24.3 Å². The van der Waals surface area contributed by atoms with Gasteiger partial charge in [0.1, 0.15) is 6.10 Å². The first-order valence-corrected chi connectivity index (χ1v) is 12.0. The fourth-order valence-electron chi connectivity index (χ4n) is 2.66. The minimum atomic E-state index is -1.75. The minimum absolute atomic E-state index is 0.0512. The van der Waals surface area contributed by atoms with Crippen molar-refractivity contribution in [2.45, 2.75) is 77.2 Å². The van der Waals surface area contributed by atoms with E-state index in [2.05, 4.69) is 33.9 Å². The van der Waals surface area contributed by atoms with Crippen LogP contribution in [-0.4, -0.2) is 26.8 Å². The summed E-state index contributed by atoms with van der Waals surface area (Å²) in [6.45, 7) is 15.9. The van der Waals surface area contributed by atoms with Gasteiger partial charge in [-0.1, -0.05) is 50.6 Å². The molecule has 1 fully saturated rings. The molecular formula is C19H31ClO3Si. The van der Waals surface area contributed by atoms with E-state index in [0.29, 0.717) is 6.61 Å². The SMILES string of the molecule is CC1(C)O[C@@H](CCO[Si](C)(C)C(C)(C)C)[C@H](c2ccccc2Cl)O1. The standard InChI is InChI=1S/C19H31ClO3Si/c1-18(2,3)24(6,7)21-13-12-16-17(23-19(4,5)22-16)14-10-8-9-11-15(14)20/h8-11,16-17H,12-13H2,1-7H3/t16-,17-/m0/s1. The van der Waals surface area contributed by atoms with Gasteiger partial charge in [0.15, 0.2) is 14.1 Å². The monoisotopic (exact) mass is 370 g/mol. The van der Waals surface area contributed by atoms with E-state index in [-0.39, 0.29) is 17.2 Å². The Labute approximate surface area is 152 Å². The quantitative estimate of drug-likeness (QED) is 0.600. The van der Waals surface area contributed by atoms with E-state index in [9.17, 15) is 0 Å². The Hall–Kier alpha value is -0.393. The predicted octanol–water partition coefficient (Wildman–Crippen LogP) is 5.94. The van der Waals surface area contributed by atoms with Crippen LogP contribution in [0.5, 0.6) is 0 Å². The van der Waals surface area contributed by atoms with Crippen molar-refractivity contribution in [2.75, 3.05) is 6.61 Å². The molecule has 2 atom stereocenters. The van der Waals surface area contributed by atoms with E-state index in [4.69, 9.17) is 25.5 Å². The molecular weight excluding hydrogens is 340 g/mol. The van der Waals surface area contributed by atoms with Crippen molar-refractivity contribution >= 4 is 19.9 Å². The maximum atomic E-state index is 6.37. The fourth-order valence-corrected chi connectivity index (χ4v) is 3.97. The third-order valence-electron chi connectivity index (χ3n) is 5.07. The van der Waals surface area contributed by atoms with Gasteiger partial charge in [-0.05, 0) is 44.5 Å². The lowest BCUT2D eigenvalue weighted by Gasteiger charge is -2.36. The van der Waals surface area contributed by atoms with Gasteiger partial charge in [-0.2, -0.15) is 0 Å². The molecule has 1 aromatic rings. The van der Waals surface area contributed by atoms with Gasteiger partial charge >= 0.3 is 0 Å². The van der Waals surface area contributed by atoms with Gasteiger partial charge < -0.3 is 13.9 Å². The number of rotatable bonds is 5. The van der Waals surface area contributed by atoms with E-state index in [1.807, 2.05) is 38.1 Å². The van der Waals surface area contributed by atoms with Crippen molar-refractivity contribution < 1.29 is 13.9 Å². The Morgan fingerprint density at radius 2 is 1.79 bits per heavy atom. The first-order valence-electron chi connectivity index (χ1n) is 8.67. The van der Waals surface area contributed by atoms with Crippen LogP contribution in [0.3, 0.4) is 0 Å². The van der Waals surface area contributed by atoms with E-state index in [1.165, 1.54) is 0 Å². The second kappa shape index (κ2) is 7.08. The topological polar surface area (TPSA) is 27.7 Å². The average Bonchev–Trinajstić information content (AvgIpc) is 2.73. The lowest BCUT2D eigenvalue weighted by atomic mass is 10.0. The molecule has 1 aliphatic rings. The molecule has 0 aliphatic carbocycles. The Morgan fingerprint density at radius 3 is 2.38 bits per heavy atom. The zero-order valence-corrected chi connectivity index (χ0v) is 17.7. The molecule has 0 bridgehead atoms. The van der Waals surface area contributed by atoms with Gasteiger partial charge in [-0.25, -0.2) is 0 Å². The molecule has 136 valence electrons. The van der Waals surface area contributed by atoms with E-state index < -0.39 is 14.1 Å². The third kappa shape index (κ3) is 4.61. The number of benzene rings is 1. The van der Waals surface area contributed by atoms with Crippen molar-refractivity contribution in [3.63, 3.8) is 0 Å². The van der Waals surface area contributed by atoms with Crippen LogP contribution >= 0.6 is 11.6 Å². The molecule has 2 rings (SSSR count). The van der Waals surface area contributed by atoms with Gasteiger partial charge in [0.2, 0.25) is 0 Å². The number of ether oxygens (including phenoxy) is 2. The smallest absolute Gasteiger partial charge is 0.191 e. The normalized spacial score (nSPS) is 24.3. The maximum absolute atomic E-state index is 6.37. The molecule has 1 aliphatic heterocycles. The lowest BCUT2D eigenvalue weighted by Crippen LogP contribution is -2.41. The highest BCUT2D eigenvalue weighted by Gasteiger charge is 2.43. The summed E-state index contributed by atoms with van der Waals surface area (Å²) in [5, 5.41) is 0.931. The Bertz CT molecular complexity index is 566. The molecule has 3 nitrogen and oxygen atoms in total. The Morgan fingerprint density at radius 1 is 1.17 bits per heavy atom.